The van der Waals surface area contributed by atoms with Crippen LogP contribution >= 0.6 is 0 Å². The lowest BCUT2D eigenvalue weighted by Crippen LogP contribution is -2.45. The predicted octanol–water partition coefficient (Wildman–Crippen LogP) is 2.80. The zero-order valence-electron chi connectivity index (χ0n) is 14.4. The first-order valence-electron chi connectivity index (χ1n) is 9.02. The van der Waals surface area contributed by atoms with Crippen LogP contribution in [0.1, 0.15) is 37.7 Å². The number of hydrogen-bond acceptors (Lipinski definition) is 4. The molecule has 2 fully saturated rings. The summed E-state index contributed by atoms with van der Waals surface area (Å²) < 4.78 is 10.9. The van der Waals surface area contributed by atoms with Crippen molar-refractivity contribution in [1.29, 1.82) is 0 Å². The second kappa shape index (κ2) is 6.54. The molecule has 132 valence electrons. The lowest BCUT2D eigenvalue weighted by atomic mass is 9.97. The summed E-state index contributed by atoms with van der Waals surface area (Å²) in [5, 5.41) is 0. The van der Waals surface area contributed by atoms with Crippen molar-refractivity contribution in [3.05, 3.63) is 35.4 Å². The van der Waals surface area contributed by atoms with E-state index in [9.17, 15) is 9.59 Å². The zero-order chi connectivity index (χ0) is 17.4. The van der Waals surface area contributed by atoms with Crippen LogP contribution in [-0.4, -0.2) is 42.6 Å². The number of esters is 1. The number of amides is 1. The molecule has 1 unspecified atom stereocenters. The van der Waals surface area contributed by atoms with Gasteiger partial charge in [0, 0.05) is 12.1 Å². The number of methoxy groups -OCH3 is 1. The first kappa shape index (κ1) is 16.2. The van der Waals surface area contributed by atoms with E-state index in [1.165, 1.54) is 20.0 Å². The number of carbonyl (C=O) groups is 2. The standard InChI is InChI=1S/C20H23NO4/c1-24-20(23)16(10-13-6-2-3-7-13)21-12-15-11-14-8-4-5-9-17(14)25-18(15)19(21)22/h4-5,8-9,11,13,16,18H,2-3,6-7,10,12H2,1H3/t16?,18-/m0/s1. The number of ether oxygens (including phenoxy) is 2. The third kappa shape index (κ3) is 2.92. The molecule has 2 aliphatic heterocycles. The van der Waals surface area contributed by atoms with Gasteiger partial charge < -0.3 is 14.4 Å². The van der Waals surface area contributed by atoms with Gasteiger partial charge in [0.2, 0.25) is 0 Å². The average molecular weight is 341 g/mol. The molecule has 5 heteroatoms. The Morgan fingerprint density at radius 1 is 1.32 bits per heavy atom. The quantitative estimate of drug-likeness (QED) is 0.790. The SMILES string of the molecule is COC(=O)C(CC1CCCC1)N1CC2=Cc3ccccc3O[C@@H]2C1=O. The Hall–Kier alpha value is -2.30. The predicted molar refractivity (Wildman–Crippen MR) is 92.9 cm³/mol. The number of rotatable bonds is 4. The fraction of sp³-hybridized carbons (Fsp3) is 0.500. The number of nitrogens with zero attached hydrogens (tertiary/aromatic N) is 1. The second-order valence-corrected chi connectivity index (χ2v) is 7.15. The van der Waals surface area contributed by atoms with Gasteiger partial charge in [-0.1, -0.05) is 43.9 Å². The summed E-state index contributed by atoms with van der Waals surface area (Å²) in [5.41, 5.74) is 1.90. The maximum atomic E-state index is 12.9. The maximum Gasteiger partial charge on any atom is 0.328 e. The molecule has 0 N–H and O–H groups in total. The van der Waals surface area contributed by atoms with Gasteiger partial charge in [-0.05, 0) is 30.1 Å². The Bertz CT molecular complexity index is 720. The molecular formula is C20H23NO4. The molecule has 2 atom stereocenters. The minimum absolute atomic E-state index is 0.130. The molecule has 1 saturated carbocycles. The van der Waals surface area contributed by atoms with Crippen LogP contribution in [0.3, 0.4) is 0 Å². The Kier molecular flexibility index (Phi) is 4.24. The van der Waals surface area contributed by atoms with Gasteiger partial charge in [0.1, 0.15) is 11.8 Å². The third-order valence-electron chi connectivity index (χ3n) is 5.58. The summed E-state index contributed by atoms with van der Waals surface area (Å²) in [6.07, 6.45) is 6.77. The highest BCUT2D eigenvalue weighted by molar-refractivity contribution is 5.94. The normalized spacial score (nSPS) is 23.6. The summed E-state index contributed by atoms with van der Waals surface area (Å²) in [4.78, 5) is 27.0. The fourth-order valence-electron chi connectivity index (χ4n) is 4.26. The minimum atomic E-state index is -0.606. The monoisotopic (exact) mass is 341 g/mol. The number of hydrogen-bond donors (Lipinski definition) is 0. The van der Waals surface area contributed by atoms with Crippen LogP contribution in [0.2, 0.25) is 0 Å². The van der Waals surface area contributed by atoms with Crippen LogP contribution in [0.25, 0.3) is 6.08 Å². The van der Waals surface area contributed by atoms with Gasteiger partial charge in [-0.25, -0.2) is 4.79 Å². The summed E-state index contributed by atoms with van der Waals surface area (Å²) in [6, 6.07) is 7.17. The van der Waals surface area contributed by atoms with Gasteiger partial charge in [-0.2, -0.15) is 0 Å². The molecule has 0 spiro atoms. The lowest BCUT2D eigenvalue weighted by molar-refractivity contribution is -0.153. The van der Waals surface area contributed by atoms with Crippen molar-refractivity contribution in [1.82, 2.24) is 4.90 Å². The van der Waals surface area contributed by atoms with E-state index in [2.05, 4.69) is 0 Å². The Labute approximate surface area is 147 Å². The number of para-hydroxylation sites is 1. The summed E-state index contributed by atoms with van der Waals surface area (Å²) >= 11 is 0. The third-order valence-corrected chi connectivity index (χ3v) is 5.58. The minimum Gasteiger partial charge on any atom is -0.475 e. The summed E-state index contributed by atoms with van der Waals surface area (Å²) in [6.45, 7) is 0.435. The van der Waals surface area contributed by atoms with Crippen LogP contribution in [0, 0.1) is 5.92 Å². The maximum absolute atomic E-state index is 12.9. The van der Waals surface area contributed by atoms with E-state index in [1.807, 2.05) is 30.3 Å². The zero-order valence-corrected chi connectivity index (χ0v) is 14.4. The van der Waals surface area contributed by atoms with Crippen molar-refractivity contribution >= 4 is 18.0 Å². The fourth-order valence-corrected chi connectivity index (χ4v) is 4.26. The smallest absolute Gasteiger partial charge is 0.328 e. The van der Waals surface area contributed by atoms with Gasteiger partial charge in [0.25, 0.3) is 5.91 Å². The van der Waals surface area contributed by atoms with Crippen molar-refractivity contribution in [2.75, 3.05) is 13.7 Å². The molecule has 1 aromatic carbocycles. The van der Waals surface area contributed by atoms with E-state index >= 15 is 0 Å². The van der Waals surface area contributed by atoms with E-state index < -0.39 is 12.1 Å². The molecule has 1 aliphatic carbocycles. The molecule has 2 heterocycles. The molecule has 25 heavy (non-hydrogen) atoms. The summed E-state index contributed by atoms with van der Waals surface area (Å²) in [7, 11) is 1.39. The summed E-state index contributed by atoms with van der Waals surface area (Å²) in [5.74, 6) is 0.759. The number of benzene rings is 1. The van der Waals surface area contributed by atoms with Crippen LogP contribution in [0.15, 0.2) is 29.8 Å². The van der Waals surface area contributed by atoms with Crippen molar-refractivity contribution in [3.8, 4) is 5.75 Å². The first-order valence-corrected chi connectivity index (χ1v) is 9.02. The molecule has 1 saturated heterocycles. The molecule has 0 aromatic heterocycles. The number of carbonyl (C=O) groups excluding carboxylic acids is 2. The molecule has 1 amide bonds. The van der Waals surface area contributed by atoms with Crippen molar-refractivity contribution in [2.45, 2.75) is 44.2 Å². The van der Waals surface area contributed by atoms with Crippen LogP contribution in [-0.2, 0) is 14.3 Å². The Morgan fingerprint density at radius 2 is 2.08 bits per heavy atom. The van der Waals surface area contributed by atoms with Crippen molar-refractivity contribution in [2.24, 2.45) is 5.92 Å². The van der Waals surface area contributed by atoms with Gasteiger partial charge in [0.15, 0.2) is 6.10 Å². The highest BCUT2D eigenvalue weighted by Crippen LogP contribution is 2.37. The molecule has 3 aliphatic rings. The van der Waals surface area contributed by atoms with Crippen LogP contribution in [0.5, 0.6) is 5.75 Å². The van der Waals surface area contributed by atoms with Crippen molar-refractivity contribution < 1.29 is 19.1 Å². The average Bonchev–Trinajstić information content (AvgIpc) is 3.25. The van der Waals surface area contributed by atoms with E-state index in [0.29, 0.717) is 18.9 Å². The van der Waals surface area contributed by atoms with Crippen LogP contribution < -0.4 is 4.74 Å². The molecule has 1 aromatic rings. The first-order chi connectivity index (χ1) is 12.2. The van der Waals surface area contributed by atoms with Gasteiger partial charge in [0.05, 0.1) is 7.11 Å². The molecular weight excluding hydrogens is 318 g/mol. The van der Waals surface area contributed by atoms with Gasteiger partial charge in [-0.3, -0.25) is 4.79 Å². The van der Waals surface area contributed by atoms with Crippen molar-refractivity contribution in [3.63, 3.8) is 0 Å². The number of fused-ring (bicyclic) bond motifs is 2. The van der Waals surface area contributed by atoms with E-state index in [1.54, 1.807) is 4.90 Å². The van der Waals surface area contributed by atoms with E-state index in [-0.39, 0.29) is 11.9 Å². The molecule has 5 nitrogen and oxygen atoms in total. The highest BCUT2D eigenvalue weighted by Gasteiger charge is 2.45. The van der Waals surface area contributed by atoms with Gasteiger partial charge >= 0.3 is 5.97 Å². The highest BCUT2D eigenvalue weighted by atomic mass is 16.5. The number of likely N-dealkylation sites (tertiary alicyclic amines) is 1. The molecule has 0 radical (unpaired) electrons. The van der Waals surface area contributed by atoms with Gasteiger partial charge in [-0.15, -0.1) is 0 Å². The second-order valence-electron chi connectivity index (χ2n) is 7.15. The van der Waals surface area contributed by atoms with E-state index in [4.69, 9.17) is 9.47 Å². The van der Waals surface area contributed by atoms with E-state index in [0.717, 1.165) is 29.7 Å². The lowest BCUT2D eigenvalue weighted by Gasteiger charge is -2.27. The molecule has 4 rings (SSSR count). The topological polar surface area (TPSA) is 55.8 Å². The Morgan fingerprint density at radius 3 is 2.84 bits per heavy atom. The van der Waals surface area contributed by atoms with Crippen LogP contribution in [0.4, 0.5) is 0 Å². The molecule has 0 bridgehead atoms. The Balaban J connectivity index is 1.58. The largest absolute Gasteiger partial charge is 0.475 e.